The van der Waals surface area contributed by atoms with Gasteiger partial charge in [-0.25, -0.2) is 0 Å². The number of carbonyl (C=O) groups is 2. The van der Waals surface area contributed by atoms with Crippen molar-refractivity contribution in [1.82, 2.24) is 10.6 Å². The summed E-state index contributed by atoms with van der Waals surface area (Å²) in [6.45, 7) is 0. The Kier molecular flexibility index (Phi) is 6.70. The molecule has 0 aliphatic carbocycles. The van der Waals surface area contributed by atoms with Crippen molar-refractivity contribution in [3.63, 3.8) is 0 Å². The Bertz CT molecular complexity index is 1210. The fraction of sp³-hybridized carbons (Fsp3) is 0.0714. The summed E-state index contributed by atoms with van der Waals surface area (Å²) in [5, 5.41) is 6.45. The molecule has 0 spiro atoms. The molecule has 4 aromatic rings. The summed E-state index contributed by atoms with van der Waals surface area (Å²) >= 11 is 0. The minimum absolute atomic E-state index is 0.179. The molecule has 2 N–H and O–H groups in total. The van der Waals surface area contributed by atoms with Crippen LogP contribution in [0.4, 0.5) is 0 Å². The number of rotatable bonds is 2. The zero-order chi connectivity index (χ0) is 23.3. The molecule has 0 saturated carbocycles. The van der Waals surface area contributed by atoms with Crippen LogP contribution in [0.5, 0.6) is 0 Å². The van der Waals surface area contributed by atoms with Crippen LogP contribution in [0, 0.1) is 0 Å². The van der Waals surface area contributed by atoms with Crippen molar-refractivity contribution < 1.29 is 9.59 Å². The largest absolute Gasteiger partial charge is 0.343 e. The number of benzene rings is 4. The van der Waals surface area contributed by atoms with Crippen molar-refractivity contribution in [2.24, 2.45) is 0 Å². The highest BCUT2D eigenvalue weighted by molar-refractivity contribution is 8.76. The maximum atomic E-state index is 13.6. The molecule has 168 valence electrons. The monoisotopic (exact) mass is 482 g/mol. The van der Waals surface area contributed by atoms with Crippen LogP contribution in [-0.4, -0.2) is 11.8 Å². The van der Waals surface area contributed by atoms with E-state index in [9.17, 15) is 9.59 Å². The fourth-order valence-electron chi connectivity index (χ4n) is 4.02. The summed E-state index contributed by atoms with van der Waals surface area (Å²) in [6.07, 6.45) is 0. The summed E-state index contributed by atoms with van der Waals surface area (Å²) in [7, 11) is 2.96. The van der Waals surface area contributed by atoms with Crippen LogP contribution < -0.4 is 10.6 Å². The van der Waals surface area contributed by atoms with E-state index in [0.717, 1.165) is 20.9 Å². The fourth-order valence-corrected chi connectivity index (χ4v) is 6.38. The molecule has 2 amide bonds. The number of amides is 2. The van der Waals surface area contributed by atoms with Crippen molar-refractivity contribution in [3.05, 3.63) is 131 Å². The molecule has 0 aromatic heterocycles. The van der Waals surface area contributed by atoms with E-state index >= 15 is 0 Å². The molecule has 1 heterocycles. The zero-order valence-electron chi connectivity index (χ0n) is 18.2. The minimum Gasteiger partial charge on any atom is -0.343 e. The zero-order valence-corrected chi connectivity index (χ0v) is 19.8. The molecule has 4 aromatic carbocycles. The molecule has 0 fully saturated rings. The Morgan fingerprint density at radius 2 is 0.824 bits per heavy atom. The third-order valence-corrected chi connectivity index (χ3v) is 8.19. The average molecular weight is 483 g/mol. The van der Waals surface area contributed by atoms with Crippen molar-refractivity contribution in [1.29, 1.82) is 0 Å². The lowest BCUT2D eigenvalue weighted by Gasteiger charge is -2.31. The highest BCUT2D eigenvalue weighted by Gasteiger charge is 2.30. The standard InChI is InChI=1S/C28H22N2O2S2/c31-27-21-15-7-9-17-23(21)33-34-24-18-10-8-16-22(24)28(32)30-26(20-13-5-2-6-14-20)25(29-27)19-11-3-1-4-12-19/h1-18,25-26H,(H,29,31)(H,30,32). The van der Waals surface area contributed by atoms with E-state index in [1.54, 1.807) is 0 Å². The topological polar surface area (TPSA) is 58.2 Å². The van der Waals surface area contributed by atoms with Crippen LogP contribution in [0.3, 0.4) is 0 Å². The van der Waals surface area contributed by atoms with Crippen LogP contribution >= 0.6 is 21.6 Å². The average Bonchev–Trinajstić information content (AvgIpc) is 2.90. The van der Waals surface area contributed by atoms with Crippen molar-refractivity contribution >= 4 is 33.4 Å². The van der Waals surface area contributed by atoms with Gasteiger partial charge >= 0.3 is 0 Å². The minimum atomic E-state index is -0.475. The molecule has 1 aliphatic rings. The van der Waals surface area contributed by atoms with E-state index in [1.807, 2.05) is 109 Å². The van der Waals surface area contributed by atoms with E-state index in [1.165, 1.54) is 21.6 Å². The molecular weight excluding hydrogens is 460 g/mol. The Balaban J connectivity index is 1.68. The summed E-state index contributed by atoms with van der Waals surface area (Å²) in [4.78, 5) is 28.8. The van der Waals surface area contributed by atoms with Gasteiger partial charge in [-0.15, -0.1) is 0 Å². The molecule has 2 atom stereocenters. The van der Waals surface area contributed by atoms with Gasteiger partial charge in [0, 0.05) is 9.79 Å². The lowest BCUT2D eigenvalue weighted by atomic mass is 9.92. The van der Waals surface area contributed by atoms with E-state index in [0.29, 0.717) is 11.1 Å². The lowest BCUT2D eigenvalue weighted by Crippen LogP contribution is -2.41. The Morgan fingerprint density at radius 3 is 1.24 bits per heavy atom. The molecule has 0 saturated heterocycles. The maximum absolute atomic E-state index is 13.6. The Morgan fingerprint density at radius 1 is 0.471 bits per heavy atom. The smallest absolute Gasteiger partial charge is 0.253 e. The first-order valence-corrected chi connectivity index (χ1v) is 13.1. The van der Waals surface area contributed by atoms with Gasteiger partial charge in [0.1, 0.15) is 0 Å². The van der Waals surface area contributed by atoms with Gasteiger partial charge in [-0.1, -0.05) is 107 Å². The normalized spacial score (nSPS) is 18.4. The van der Waals surface area contributed by atoms with E-state index < -0.39 is 12.1 Å². The quantitative estimate of drug-likeness (QED) is 0.323. The third-order valence-electron chi connectivity index (χ3n) is 5.71. The first kappa shape index (κ1) is 22.3. The van der Waals surface area contributed by atoms with Gasteiger partial charge in [0.25, 0.3) is 11.8 Å². The molecule has 5 rings (SSSR count). The predicted molar refractivity (Wildman–Crippen MR) is 138 cm³/mol. The number of fused-ring (bicyclic) bond motifs is 2. The van der Waals surface area contributed by atoms with Gasteiger partial charge in [0.05, 0.1) is 23.2 Å². The number of hydrogen-bond acceptors (Lipinski definition) is 4. The molecule has 2 unspecified atom stereocenters. The molecule has 0 bridgehead atoms. The predicted octanol–water partition coefficient (Wildman–Crippen LogP) is 6.44. The second kappa shape index (κ2) is 10.2. The Hall–Kier alpha value is -3.48. The summed E-state index contributed by atoms with van der Waals surface area (Å²) in [6, 6.07) is 33.7. The molecular formula is C28H22N2O2S2. The number of hydrogen-bond donors (Lipinski definition) is 2. The highest BCUT2D eigenvalue weighted by Crippen LogP contribution is 2.41. The highest BCUT2D eigenvalue weighted by atomic mass is 33.1. The second-order valence-electron chi connectivity index (χ2n) is 7.88. The first-order chi connectivity index (χ1) is 16.7. The van der Waals surface area contributed by atoms with E-state index in [2.05, 4.69) is 10.6 Å². The maximum Gasteiger partial charge on any atom is 0.253 e. The van der Waals surface area contributed by atoms with E-state index in [-0.39, 0.29) is 11.8 Å². The van der Waals surface area contributed by atoms with Gasteiger partial charge in [-0.2, -0.15) is 0 Å². The van der Waals surface area contributed by atoms with Gasteiger partial charge in [0.15, 0.2) is 0 Å². The van der Waals surface area contributed by atoms with Gasteiger partial charge in [0.2, 0.25) is 0 Å². The lowest BCUT2D eigenvalue weighted by molar-refractivity contribution is 0.0878. The van der Waals surface area contributed by atoms with Crippen LogP contribution in [0.25, 0.3) is 0 Å². The second-order valence-corrected chi connectivity index (χ2v) is 10.1. The summed E-state index contributed by atoms with van der Waals surface area (Å²) in [5.74, 6) is -0.358. The Labute approximate surface area is 206 Å². The number of nitrogens with one attached hydrogen (secondary N) is 2. The van der Waals surface area contributed by atoms with E-state index in [4.69, 9.17) is 0 Å². The van der Waals surface area contributed by atoms with Crippen molar-refractivity contribution in [2.75, 3.05) is 0 Å². The molecule has 4 nitrogen and oxygen atoms in total. The molecule has 0 radical (unpaired) electrons. The van der Waals surface area contributed by atoms with Crippen molar-refractivity contribution in [3.8, 4) is 0 Å². The van der Waals surface area contributed by atoms with Gasteiger partial charge < -0.3 is 10.6 Å². The molecule has 1 aliphatic heterocycles. The molecule has 6 heteroatoms. The third kappa shape index (κ3) is 4.74. The molecule has 34 heavy (non-hydrogen) atoms. The van der Waals surface area contributed by atoms with Gasteiger partial charge in [-0.05, 0) is 35.4 Å². The first-order valence-electron chi connectivity index (χ1n) is 10.9. The van der Waals surface area contributed by atoms with Crippen LogP contribution in [0.2, 0.25) is 0 Å². The summed E-state index contributed by atoms with van der Waals surface area (Å²) < 4.78 is 0. The van der Waals surface area contributed by atoms with Crippen LogP contribution in [-0.2, 0) is 0 Å². The van der Waals surface area contributed by atoms with Gasteiger partial charge in [-0.3, -0.25) is 9.59 Å². The van der Waals surface area contributed by atoms with Crippen molar-refractivity contribution in [2.45, 2.75) is 21.9 Å². The van der Waals surface area contributed by atoms with Crippen LogP contribution in [0.1, 0.15) is 43.9 Å². The van der Waals surface area contributed by atoms with Crippen LogP contribution in [0.15, 0.2) is 119 Å². The number of carbonyl (C=O) groups excluding carboxylic acids is 2. The SMILES string of the molecule is O=C1NC(c2ccccc2)C(c2ccccc2)NC(=O)c2ccccc2SSc2ccccc21. The summed E-state index contributed by atoms with van der Waals surface area (Å²) in [5.41, 5.74) is 3.04.